The Kier molecular flexibility index (Phi) is 2.25. The van der Waals surface area contributed by atoms with Crippen LogP contribution in [0.25, 0.3) is 10.1 Å². The van der Waals surface area contributed by atoms with Gasteiger partial charge in [0.2, 0.25) is 5.91 Å². The molecule has 3 heteroatoms. The first kappa shape index (κ1) is 9.21. The molecule has 0 atom stereocenters. The predicted molar refractivity (Wildman–Crippen MR) is 59.5 cm³/mol. The summed E-state index contributed by atoms with van der Waals surface area (Å²) in [6.07, 6.45) is 0.325. The quantitative estimate of drug-likeness (QED) is 0.802. The topological polar surface area (TPSA) is 43.1 Å². The van der Waals surface area contributed by atoms with E-state index in [1.807, 2.05) is 18.2 Å². The van der Waals surface area contributed by atoms with E-state index in [4.69, 9.17) is 5.73 Å². The number of nitrogens with two attached hydrogens (primary N) is 1. The second-order valence-corrected chi connectivity index (χ2v) is 4.30. The molecule has 0 bridgehead atoms. The summed E-state index contributed by atoms with van der Waals surface area (Å²) in [5.41, 5.74) is 7.40. The Hall–Kier alpha value is -1.35. The van der Waals surface area contributed by atoms with Gasteiger partial charge in [0.1, 0.15) is 0 Å². The highest BCUT2D eigenvalue weighted by molar-refractivity contribution is 7.17. The van der Waals surface area contributed by atoms with Gasteiger partial charge in [0.15, 0.2) is 0 Å². The molecule has 1 amide bonds. The number of benzene rings is 1. The minimum absolute atomic E-state index is 0.280. The van der Waals surface area contributed by atoms with Crippen molar-refractivity contribution in [3.8, 4) is 0 Å². The van der Waals surface area contributed by atoms with Crippen LogP contribution < -0.4 is 5.73 Å². The van der Waals surface area contributed by atoms with Crippen molar-refractivity contribution in [3.05, 3.63) is 34.7 Å². The van der Waals surface area contributed by atoms with Crippen molar-refractivity contribution in [3.63, 3.8) is 0 Å². The highest BCUT2D eigenvalue weighted by Crippen LogP contribution is 2.26. The lowest BCUT2D eigenvalue weighted by atomic mass is 10.1. The van der Waals surface area contributed by atoms with Crippen molar-refractivity contribution >= 4 is 27.3 Å². The van der Waals surface area contributed by atoms with E-state index in [1.54, 1.807) is 11.3 Å². The smallest absolute Gasteiger partial charge is 0.221 e. The molecule has 14 heavy (non-hydrogen) atoms. The molecular formula is C11H11NOS. The Morgan fingerprint density at radius 2 is 2.29 bits per heavy atom. The lowest BCUT2D eigenvalue weighted by Gasteiger charge is -1.98. The second-order valence-electron chi connectivity index (χ2n) is 3.39. The Bertz CT molecular complexity index is 487. The molecule has 0 unspecified atom stereocenters. The van der Waals surface area contributed by atoms with Crippen LogP contribution in [0.3, 0.4) is 0 Å². The van der Waals surface area contributed by atoms with Crippen LogP contribution in [0.4, 0.5) is 0 Å². The standard InChI is InChI=1S/C11H11NOS/c1-7-6-14-10-3-2-8(4-9(7)10)5-11(12)13/h2-4,6H,5H2,1H3,(H2,12,13). The van der Waals surface area contributed by atoms with Crippen molar-refractivity contribution in [2.24, 2.45) is 5.73 Å². The van der Waals surface area contributed by atoms with Crippen molar-refractivity contribution in [2.75, 3.05) is 0 Å². The zero-order valence-corrected chi connectivity index (χ0v) is 8.73. The van der Waals surface area contributed by atoms with Crippen molar-refractivity contribution in [1.82, 2.24) is 0 Å². The molecule has 2 N–H and O–H groups in total. The molecule has 0 radical (unpaired) electrons. The zero-order valence-electron chi connectivity index (χ0n) is 7.91. The third-order valence-electron chi connectivity index (χ3n) is 2.21. The molecule has 1 heterocycles. The van der Waals surface area contributed by atoms with E-state index in [0.717, 1.165) is 5.56 Å². The largest absolute Gasteiger partial charge is 0.369 e. The summed E-state index contributed by atoms with van der Waals surface area (Å²) in [5.74, 6) is -0.280. The monoisotopic (exact) mass is 205 g/mol. The SMILES string of the molecule is Cc1csc2ccc(CC(N)=O)cc12. The summed E-state index contributed by atoms with van der Waals surface area (Å²) in [7, 11) is 0. The van der Waals surface area contributed by atoms with Crippen LogP contribution in [0.15, 0.2) is 23.6 Å². The van der Waals surface area contributed by atoms with Gasteiger partial charge in [0.05, 0.1) is 6.42 Å². The van der Waals surface area contributed by atoms with Crippen LogP contribution in [0.1, 0.15) is 11.1 Å². The Morgan fingerprint density at radius 1 is 1.50 bits per heavy atom. The predicted octanol–water partition coefficient (Wildman–Crippen LogP) is 2.24. The lowest BCUT2D eigenvalue weighted by molar-refractivity contribution is -0.117. The minimum atomic E-state index is -0.280. The van der Waals surface area contributed by atoms with Gasteiger partial charge in [-0.1, -0.05) is 6.07 Å². The van der Waals surface area contributed by atoms with E-state index in [-0.39, 0.29) is 5.91 Å². The minimum Gasteiger partial charge on any atom is -0.369 e. The third-order valence-corrected chi connectivity index (χ3v) is 3.29. The normalized spacial score (nSPS) is 10.6. The number of aryl methyl sites for hydroxylation is 1. The molecule has 1 aromatic carbocycles. The molecule has 72 valence electrons. The van der Waals surface area contributed by atoms with Gasteiger partial charge in [-0.15, -0.1) is 11.3 Å². The van der Waals surface area contributed by atoms with Crippen molar-refractivity contribution in [2.45, 2.75) is 13.3 Å². The van der Waals surface area contributed by atoms with Crippen LogP contribution in [0.2, 0.25) is 0 Å². The summed E-state index contributed by atoms with van der Waals surface area (Å²) < 4.78 is 1.26. The Labute approximate surface area is 86.3 Å². The molecule has 2 rings (SSSR count). The number of hydrogen-bond donors (Lipinski definition) is 1. The van der Waals surface area contributed by atoms with Gasteiger partial charge >= 0.3 is 0 Å². The van der Waals surface area contributed by atoms with Crippen LogP contribution in [-0.4, -0.2) is 5.91 Å². The number of carbonyl (C=O) groups excluding carboxylic acids is 1. The Balaban J connectivity index is 2.49. The summed E-state index contributed by atoms with van der Waals surface area (Å²) >= 11 is 1.73. The summed E-state index contributed by atoms with van der Waals surface area (Å²) in [6, 6.07) is 6.06. The van der Waals surface area contributed by atoms with E-state index in [1.165, 1.54) is 15.6 Å². The molecular weight excluding hydrogens is 194 g/mol. The fourth-order valence-corrected chi connectivity index (χ4v) is 2.44. The van der Waals surface area contributed by atoms with E-state index in [9.17, 15) is 4.79 Å². The zero-order chi connectivity index (χ0) is 10.1. The number of fused-ring (bicyclic) bond motifs is 1. The van der Waals surface area contributed by atoms with Crippen molar-refractivity contribution < 1.29 is 4.79 Å². The van der Waals surface area contributed by atoms with Crippen LogP contribution >= 0.6 is 11.3 Å². The van der Waals surface area contributed by atoms with E-state index >= 15 is 0 Å². The maximum Gasteiger partial charge on any atom is 0.221 e. The lowest BCUT2D eigenvalue weighted by Crippen LogP contribution is -2.13. The number of primary amides is 1. The fourth-order valence-electron chi connectivity index (χ4n) is 1.51. The molecule has 0 aliphatic carbocycles. The first-order chi connectivity index (χ1) is 6.66. The number of amides is 1. The molecule has 0 saturated carbocycles. The van der Waals surface area contributed by atoms with Gasteiger partial charge in [-0.25, -0.2) is 0 Å². The van der Waals surface area contributed by atoms with Crippen molar-refractivity contribution in [1.29, 1.82) is 0 Å². The molecule has 0 saturated heterocycles. The fraction of sp³-hybridized carbons (Fsp3) is 0.182. The maximum absolute atomic E-state index is 10.8. The number of rotatable bonds is 2. The summed E-state index contributed by atoms with van der Waals surface area (Å²) in [5, 5.41) is 3.35. The molecule has 1 aromatic heterocycles. The number of hydrogen-bond acceptors (Lipinski definition) is 2. The van der Waals surface area contributed by atoms with Gasteiger partial charge in [-0.05, 0) is 40.9 Å². The summed E-state index contributed by atoms with van der Waals surface area (Å²) in [6.45, 7) is 2.08. The Morgan fingerprint density at radius 3 is 3.00 bits per heavy atom. The molecule has 2 aromatic rings. The van der Waals surface area contributed by atoms with Gasteiger partial charge in [0, 0.05) is 4.70 Å². The molecule has 0 aliphatic rings. The van der Waals surface area contributed by atoms with E-state index < -0.39 is 0 Å². The third kappa shape index (κ3) is 1.63. The van der Waals surface area contributed by atoms with Crippen LogP contribution in [-0.2, 0) is 11.2 Å². The molecule has 2 nitrogen and oxygen atoms in total. The summed E-state index contributed by atoms with van der Waals surface area (Å²) in [4.78, 5) is 10.8. The van der Waals surface area contributed by atoms with E-state index in [2.05, 4.69) is 12.3 Å². The average molecular weight is 205 g/mol. The average Bonchev–Trinajstić information content (AvgIpc) is 2.47. The highest BCUT2D eigenvalue weighted by Gasteiger charge is 2.03. The second kappa shape index (κ2) is 3.42. The number of thiophene rings is 1. The molecule has 0 aliphatic heterocycles. The maximum atomic E-state index is 10.8. The van der Waals surface area contributed by atoms with Crippen LogP contribution in [0, 0.1) is 6.92 Å². The first-order valence-corrected chi connectivity index (χ1v) is 5.30. The van der Waals surface area contributed by atoms with Gasteiger partial charge < -0.3 is 5.73 Å². The molecule has 0 spiro atoms. The number of carbonyl (C=O) groups is 1. The van der Waals surface area contributed by atoms with Gasteiger partial charge in [0.25, 0.3) is 0 Å². The van der Waals surface area contributed by atoms with E-state index in [0.29, 0.717) is 6.42 Å². The first-order valence-electron chi connectivity index (χ1n) is 4.42. The highest BCUT2D eigenvalue weighted by atomic mass is 32.1. The van der Waals surface area contributed by atoms with Crippen LogP contribution in [0.5, 0.6) is 0 Å². The molecule has 0 fully saturated rings. The van der Waals surface area contributed by atoms with Gasteiger partial charge in [-0.2, -0.15) is 0 Å². The van der Waals surface area contributed by atoms with Gasteiger partial charge in [-0.3, -0.25) is 4.79 Å².